The van der Waals surface area contributed by atoms with E-state index in [-0.39, 0.29) is 17.8 Å². The van der Waals surface area contributed by atoms with Gasteiger partial charge in [-0.2, -0.15) is 0 Å². The Morgan fingerprint density at radius 2 is 1.74 bits per heavy atom. The van der Waals surface area contributed by atoms with Crippen LogP contribution in [-0.2, 0) is 6.42 Å². The normalized spacial score (nSPS) is 15.1. The van der Waals surface area contributed by atoms with Crippen LogP contribution in [0.2, 0.25) is 0 Å². The average Bonchev–Trinajstić information content (AvgIpc) is 2.30. The maximum Gasteiger partial charge on any atom is 0.573 e. The maximum absolute atomic E-state index is 12.0. The number of aliphatic hydroxyl groups is 1. The van der Waals surface area contributed by atoms with Crippen LogP contribution in [0.4, 0.5) is 13.2 Å². The fraction of sp³-hybridized carbons (Fsp3) is 0.571. The number of halogens is 3. The van der Waals surface area contributed by atoms with Gasteiger partial charge in [-0.25, -0.2) is 0 Å². The van der Waals surface area contributed by atoms with Crippen LogP contribution in [0.15, 0.2) is 24.3 Å². The van der Waals surface area contributed by atoms with Crippen LogP contribution in [-0.4, -0.2) is 18.1 Å². The summed E-state index contributed by atoms with van der Waals surface area (Å²) in [6.45, 7) is 4.06. The van der Waals surface area contributed by atoms with Gasteiger partial charge in [0.25, 0.3) is 0 Å². The predicted molar refractivity (Wildman–Crippen MR) is 66.9 cm³/mol. The molecule has 0 aliphatic carbocycles. The number of ether oxygens (including phenoxy) is 1. The molecule has 1 unspecified atom stereocenters. The highest BCUT2D eigenvalue weighted by Gasteiger charge is 2.31. The fourth-order valence-electron chi connectivity index (χ4n) is 2.13. The van der Waals surface area contributed by atoms with Gasteiger partial charge >= 0.3 is 6.36 Å². The van der Waals surface area contributed by atoms with E-state index in [9.17, 15) is 18.3 Å². The zero-order chi connectivity index (χ0) is 14.5. The van der Waals surface area contributed by atoms with Crippen LogP contribution >= 0.6 is 0 Å². The molecule has 1 aromatic carbocycles. The molecule has 1 N–H and O–H groups in total. The SMILES string of the molecule is CCCC(C)(CO)Cc1ccc(OC(F)(F)F)cc1. The third-order valence-corrected chi connectivity index (χ3v) is 3.02. The van der Waals surface area contributed by atoms with Gasteiger partial charge in [-0.15, -0.1) is 13.2 Å². The molecule has 19 heavy (non-hydrogen) atoms. The first-order chi connectivity index (χ1) is 8.78. The predicted octanol–water partition coefficient (Wildman–Crippen LogP) is 3.93. The summed E-state index contributed by atoms with van der Waals surface area (Å²) in [7, 11) is 0. The molecule has 0 heterocycles. The summed E-state index contributed by atoms with van der Waals surface area (Å²) in [6.07, 6.45) is -2.22. The van der Waals surface area contributed by atoms with Gasteiger partial charge in [-0.3, -0.25) is 0 Å². The van der Waals surface area contributed by atoms with Crippen molar-refractivity contribution in [2.24, 2.45) is 5.41 Å². The first kappa shape index (κ1) is 15.8. The second-order valence-electron chi connectivity index (χ2n) is 5.09. The quantitative estimate of drug-likeness (QED) is 0.853. The number of benzene rings is 1. The van der Waals surface area contributed by atoms with Crippen molar-refractivity contribution < 1.29 is 23.0 Å². The number of rotatable bonds is 6. The lowest BCUT2D eigenvalue weighted by Gasteiger charge is -2.27. The van der Waals surface area contributed by atoms with Gasteiger partial charge in [0, 0.05) is 6.61 Å². The van der Waals surface area contributed by atoms with E-state index in [1.54, 1.807) is 12.1 Å². The van der Waals surface area contributed by atoms with Crippen LogP contribution in [0.25, 0.3) is 0 Å². The Labute approximate surface area is 111 Å². The van der Waals surface area contributed by atoms with E-state index in [4.69, 9.17) is 0 Å². The number of alkyl halides is 3. The van der Waals surface area contributed by atoms with E-state index in [0.29, 0.717) is 6.42 Å². The Bertz CT molecular complexity index is 387. The molecule has 0 saturated heterocycles. The number of hydrogen-bond donors (Lipinski definition) is 1. The lowest BCUT2D eigenvalue weighted by molar-refractivity contribution is -0.274. The molecule has 0 bridgehead atoms. The topological polar surface area (TPSA) is 29.5 Å². The molecule has 0 fully saturated rings. The van der Waals surface area contributed by atoms with Gasteiger partial charge in [0.15, 0.2) is 0 Å². The minimum absolute atomic E-state index is 0.0572. The van der Waals surface area contributed by atoms with Crippen LogP contribution in [0.3, 0.4) is 0 Å². The summed E-state index contributed by atoms with van der Waals surface area (Å²) in [5.41, 5.74) is 0.653. The van der Waals surface area contributed by atoms with E-state index in [1.165, 1.54) is 12.1 Å². The molecule has 1 atom stereocenters. The van der Waals surface area contributed by atoms with Crippen molar-refractivity contribution >= 4 is 0 Å². The Kier molecular flexibility index (Phi) is 5.23. The molecule has 5 heteroatoms. The average molecular weight is 276 g/mol. The van der Waals surface area contributed by atoms with Crippen molar-refractivity contribution in [3.8, 4) is 5.75 Å². The number of hydrogen-bond acceptors (Lipinski definition) is 2. The molecular weight excluding hydrogens is 257 g/mol. The van der Waals surface area contributed by atoms with Crippen molar-refractivity contribution in [2.75, 3.05) is 6.61 Å². The van der Waals surface area contributed by atoms with Crippen LogP contribution < -0.4 is 4.74 Å². The van der Waals surface area contributed by atoms with E-state index >= 15 is 0 Å². The highest BCUT2D eigenvalue weighted by Crippen LogP contribution is 2.29. The molecular formula is C14H19F3O2. The molecule has 0 aliphatic rings. The summed E-state index contributed by atoms with van der Waals surface area (Å²) in [5.74, 6) is -0.225. The Hall–Kier alpha value is -1.23. The van der Waals surface area contributed by atoms with E-state index in [0.717, 1.165) is 18.4 Å². The van der Waals surface area contributed by atoms with Gasteiger partial charge in [-0.1, -0.05) is 32.4 Å². The van der Waals surface area contributed by atoms with Crippen molar-refractivity contribution in [3.63, 3.8) is 0 Å². The highest BCUT2D eigenvalue weighted by molar-refractivity contribution is 5.28. The highest BCUT2D eigenvalue weighted by atomic mass is 19.4. The van der Waals surface area contributed by atoms with Gasteiger partial charge in [0.1, 0.15) is 5.75 Å². The van der Waals surface area contributed by atoms with Crippen LogP contribution in [0, 0.1) is 5.41 Å². The molecule has 0 radical (unpaired) electrons. The summed E-state index contributed by atoms with van der Waals surface area (Å²) in [4.78, 5) is 0. The van der Waals surface area contributed by atoms with E-state index < -0.39 is 6.36 Å². The van der Waals surface area contributed by atoms with Crippen molar-refractivity contribution in [1.82, 2.24) is 0 Å². The summed E-state index contributed by atoms with van der Waals surface area (Å²) >= 11 is 0. The molecule has 1 aromatic rings. The summed E-state index contributed by atoms with van der Waals surface area (Å²) in [5, 5.41) is 9.41. The third kappa shape index (κ3) is 5.51. The Morgan fingerprint density at radius 1 is 1.16 bits per heavy atom. The van der Waals surface area contributed by atoms with Gasteiger partial charge in [-0.05, 0) is 36.0 Å². The van der Waals surface area contributed by atoms with E-state index in [1.807, 2.05) is 13.8 Å². The second-order valence-corrected chi connectivity index (χ2v) is 5.09. The molecule has 0 saturated carbocycles. The largest absolute Gasteiger partial charge is 0.573 e. The zero-order valence-electron chi connectivity index (χ0n) is 11.1. The third-order valence-electron chi connectivity index (χ3n) is 3.02. The van der Waals surface area contributed by atoms with Crippen LogP contribution in [0.1, 0.15) is 32.3 Å². The van der Waals surface area contributed by atoms with Crippen molar-refractivity contribution in [1.29, 1.82) is 0 Å². The number of aliphatic hydroxyl groups excluding tert-OH is 1. The molecule has 0 aliphatic heterocycles. The molecule has 1 rings (SSSR count). The minimum Gasteiger partial charge on any atom is -0.406 e. The van der Waals surface area contributed by atoms with Gasteiger partial charge < -0.3 is 9.84 Å². The van der Waals surface area contributed by atoms with Crippen LogP contribution in [0.5, 0.6) is 5.75 Å². The van der Waals surface area contributed by atoms with Gasteiger partial charge in [0.2, 0.25) is 0 Å². The zero-order valence-corrected chi connectivity index (χ0v) is 11.1. The lowest BCUT2D eigenvalue weighted by Crippen LogP contribution is -2.24. The van der Waals surface area contributed by atoms with Crippen molar-refractivity contribution in [3.05, 3.63) is 29.8 Å². The summed E-state index contributed by atoms with van der Waals surface area (Å²) in [6, 6.07) is 5.80. The second kappa shape index (κ2) is 6.28. The fourth-order valence-corrected chi connectivity index (χ4v) is 2.13. The smallest absolute Gasteiger partial charge is 0.406 e. The molecule has 0 amide bonds. The Morgan fingerprint density at radius 3 is 2.16 bits per heavy atom. The summed E-state index contributed by atoms with van der Waals surface area (Å²) < 4.78 is 39.8. The maximum atomic E-state index is 12.0. The lowest BCUT2D eigenvalue weighted by atomic mass is 9.80. The first-order valence-corrected chi connectivity index (χ1v) is 6.23. The Balaban J connectivity index is 2.71. The minimum atomic E-state index is -4.66. The molecule has 108 valence electrons. The standard InChI is InChI=1S/C14H19F3O2/c1-3-8-13(2,10-18)9-11-4-6-12(7-5-11)19-14(15,16)17/h4-7,18H,3,8-10H2,1-2H3. The molecule has 2 nitrogen and oxygen atoms in total. The van der Waals surface area contributed by atoms with Crippen molar-refractivity contribution in [2.45, 2.75) is 39.5 Å². The van der Waals surface area contributed by atoms with Gasteiger partial charge in [0.05, 0.1) is 0 Å². The molecule has 0 spiro atoms. The monoisotopic (exact) mass is 276 g/mol. The first-order valence-electron chi connectivity index (χ1n) is 6.23. The van der Waals surface area contributed by atoms with E-state index in [2.05, 4.69) is 4.74 Å². The molecule has 0 aromatic heterocycles.